The van der Waals surface area contributed by atoms with Gasteiger partial charge in [-0.2, -0.15) is 0 Å². The summed E-state index contributed by atoms with van der Waals surface area (Å²) >= 11 is 0. The van der Waals surface area contributed by atoms with Crippen LogP contribution in [0.25, 0.3) is 0 Å². The predicted octanol–water partition coefficient (Wildman–Crippen LogP) is -0.351. The average Bonchev–Trinajstić information content (AvgIpc) is 2.10. The van der Waals surface area contributed by atoms with E-state index in [1.807, 2.05) is 0 Å². The Morgan fingerprint density at radius 1 is 1.64 bits per heavy atom. The summed E-state index contributed by atoms with van der Waals surface area (Å²) in [5, 5.41) is 0. The number of nitrogens with two attached hydrogens (primary N) is 1. The number of aryl methyl sites for hydroxylation is 1. The van der Waals surface area contributed by atoms with E-state index in [1.54, 1.807) is 19.4 Å². The van der Waals surface area contributed by atoms with Gasteiger partial charge in [-0.25, -0.2) is 4.98 Å². The maximum atomic E-state index is 11.5. The summed E-state index contributed by atoms with van der Waals surface area (Å²) in [5.41, 5.74) is 5.41. The molecule has 0 unspecified atom stereocenters. The minimum Gasteiger partial charge on any atom is -0.470 e. The van der Waals surface area contributed by atoms with E-state index in [0.29, 0.717) is 0 Å². The molecule has 0 spiro atoms. The normalized spacial score (nSPS) is 25.6. The largest absolute Gasteiger partial charge is 0.470 e. The molecule has 0 saturated heterocycles. The molecule has 76 valence electrons. The number of rotatable bonds is 2. The highest BCUT2D eigenvalue weighted by Crippen LogP contribution is 2.21. The van der Waals surface area contributed by atoms with E-state index in [1.165, 1.54) is 4.57 Å². The van der Waals surface area contributed by atoms with Crippen molar-refractivity contribution in [2.24, 2.45) is 12.8 Å². The van der Waals surface area contributed by atoms with Crippen LogP contribution in [-0.4, -0.2) is 21.7 Å². The summed E-state index contributed by atoms with van der Waals surface area (Å²) < 4.78 is 6.85. The molecule has 1 aromatic rings. The van der Waals surface area contributed by atoms with Gasteiger partial charge in [0.1, 0.15) is 6.10 Å². The zero-order chi connectivity index (χ0) is 10.1. The molecular weight excluding hydrogens is 182 g/mol. The van der Waals surface area contributed by atoms with Crippen molar-refractivity contribution in [3.63, 3.8) is 0 Å². The molecule has 0 bridgehead atoms. The smallest absolute Gasteiger partial charge is 0.313 e. The molecule has 2 rings (SSSR count). The topological polar surface area (TPSA) is 70.1 Å². The molecule has 1 saturated carbocycles. The fourth-order valence-electron chi connectivity index (χ4n) is 1.42. The van der Waals surface area contributed by atoms with Gasteiger partial charge in [-0.1, -0.05) is 0 Å². The van der Waals surface area contributed by atoms with Gasteiger partial charge < -0.3 is 15.0 Å². The Bertz CT molecular complexity index is 382. The van der Waals surface area contributed by atoms with E-state index in [4.69, 9.17) is 10.5 Å². The highest BCUT2D eigenvalue weighted by atomic mass is 16.5. The Morgan fingerprint density at radius 3 is 3.00 bits per heavy atom. The Morgan fingerprint density at radius 2 is 2.36 bits per heavy atom. The highest BCUT2D eigenvalue weighted by Gasteiger charge is 2.28. The second-order valence-corrected chi connectivity index (χ2v) is 3.62. The molecule has 1 aliphatic carbocycles. The number of hydrogen-bond acceptors (Lipinski definition) is 4. The molecule has 0 amide bonds. The van der Waals surface area contributed by atoms with E-state index < -0.39 is 0 Å². The predicted molar refractivity (Wildman–Crippen MR) is 51.1 cm³/mol. The molecule has 0 aromatic carbocycles. The van der Waals surface area contributed by atoms with Crippen molar-refractivity contribution < 1.29 is 4.74 Å². The van der Waals surface area contributed by atoms with Gasteiger partial charge in [0.2, 0.25) is 0 Å². The lowest BCUT2D eigenvalue weighted by Gasteiger charge is -2.31. The first-order valence-electron chi connectivity index (χ1n) is 4.60. The Kier molecular flexibility index (Phi) is 2.25. The molecule has 0 aliphatic heterocycles. The van der Waals surface area contributed by atoms with Crippen LogP contribution in [0.2, 0.25) is 0 Å². The van der Waals surface area contributed by atoms with Crippen molar-refractivity contribution >= 4 is 0 Å². The van der Waals surface area contributed by atoms with Crippen LogP contribution in [0.15, 0.2) is 17.2 Å². The molecule has 1 fully saturated rings. The molecule has 1 aromatic heterocycles. The van der Waals surface area contributed by atoms with Gasteiger partial charge in [-0.3, -0.25) is 4.79 Å². The fraction of sp³-hybridized carbons (Fsp3) is 0.556. The van der Waals surface area contributed by atoms with Crippen LogP contribution in [-0.2, 0) is 7.05 Å². The molecule has 5 heteroatoms. The molecule has 1 aliphatic rings. The first-order chi connectivity index (χ1) is 6.66. The van der Waals surface area contributed by atoms with Gasteiger partial charge in [0, 0.05) is 25.5 Å². The van der Waals surface area contributed by atoms with Crippen molar-refractivity contribution in [1.82, 2.24) is 9.55 Å². The Labute approximate surface area is 81.5 Å². The molecule has 0 radical (unpaired) electrons. The summed E-state index contributed by atoms with van der Waals surface area (Å²) in [7, 11) is 1.67. The molecule has 0 atom stereocenters. The quantitative estimate of drug-likeness (QED) is 0.700. The number of aromatic nitrogens is 2. The minimum atomic E-state index is -0.201. The third-order valence-corrected chi connectivity index (χ3v) is 2.39. The van der Waals surface area contributed by atoms with Crippen LogP contribution in [0.4, 0.5) is 0 Å². The third kappa shape index (κ3) is 1.63. The Hall–Kier alpha value is -1.36. The van der Waals surface area contributed by atoms with Crippen LogP contribution in [0.5, 0.6) is 5.88 Å². The molecular formula is C9H13N3O2. The lowest BCUT2D eigenvalue weighted by Crippen LogP contribution is -2.44. The standard InChI is InChI=1S/C9H13N3O2/c1-12-3-2-11-8(9(12)13)14-7-4-6(10)5-7/h2-3,6-7H,4-5,10H2,1H3. The monoisotopic (exact) mass is 195 g/mol. The van der Waals surface area contributed by atoms with E-state index in [-0.39, 0.29) is 23.6 Å². The second-order valence-electron chi connectivity index (χ2n) is 3.62. The van der Waals surface area contributed by atoms with E-state index in [9.17, 15) is 4.79 Å². The van der Waals surface area contributed by atoms with Crippen LogP contribution in [0, 0.1) is 0 Å². The molecule has 5 nitrogen and oxygen atoms in total. The van der Waals surface area contributed by atoms with E-state index >= 15 is 0 Å². The number of hydrogen-bond donors (Lipinski definition) is 1. The zero-order valence-corrected chi connectivity index (χ0v) is 8.01. The first kappa shape index (κ1) is 9.21. The summed E-state index contributed by atoms with van der Waals surface area (Å²) in [6, 6.07) is 0.215. The van der Waals surface area contributed by atoms with Crippen LogP contribution >= 0.6 is 0 Å². The van der Waals surface area contributed by atoms with E-state index in [0.717, 1.165) is 12.8 Å². The molecule has 2 N–H and O–H groups in total. The maximum Gasteiger partial charge on any atom is 0.313 e. The highest BCUT2D eigenvalue weighted by molar-refractivity contribution is 5.05. The number of ether oxygens (including phenoxy) is 1. The lowest BCUT2D eigenvalue weighted by molar-refractivity contribution is 0.0934. The molecule has 14 heavy (non-hydrogen) atoms. The van der Waals surface area contributed by atoms with E-state index in [2.05, 4.69) is 4.98 Å². The fourth-order valence-corrected chi connectivity index (χ4v) is 1.42. The minimum absolute atomic E-state index is 0.0626. The summed E-state index contributed by atoms with van der Waals surface area (Å²) in [4.78, 5) is 15.4. The van der Waals surface area contributed by atoms with Gasteiger partial charge in [0.25, 0.3) is 5.88 Å². The van der Waals surface area contributed by atoms with Crippen LogP contribution < -0.4 is 16.0 Å². The number of nitrogens with zero attached hydrogens (tertiary/aromatic N) is 2. The first-order valence-corrected chi connectivity index (χ1v) is 4.60. The third-order valence-electron chi connectivity index (χ3n) is 2.39. The van der Waals surface area contributed by atoms with Gasteiger partial charge in [-0.15, -0.1) is 0 Å². The van der Waals surface area contributed by atoms with Crippen molar-refractivity contribution in [1.29, 1.82) is 0 Å². The van der Waals surface area contributed by atoms with Gasteiger partial charge in [0.05, 0.1) is 0 Å². The van der Waals surface area contributed by atoms with Crippen molar-refractivity contribution in [3.8, 4) is 5.88 Å². The molecule has 1 heterocycles. The van der Waals surface area contributed by atoms with Crippen LogP contribution in [0.3, 0.4) is 0 Å². The van der Waals surface area contributed by atoms with Gasteiger partial charge in [-0.05, 0) is 12.8 Å². The SMILES string of the molecule is Cn1ccnc(OC2CC(N)C2)c1=O. The second kappa shape index (κ2) is 3.42. The van der Waals surface area contributed by atoms with Crippen molar-refractivity contribution in [2.45, 2.75) is 25.0 Å². The van der Waals surface area contributed by atoms with Crippen molar-refractivity contribution in [3.05, 3.63) is 22.7 Å². The van der Waals surface area contributed by atoms with Gasteiger partial charge in [0.15, 0.2) is 0 Å². The van der Waals surface area contributed by atoms with Crippen LogP contribution in [0.1, 0.15) is 12.8 Å². The summed E-state index contributed by atoms with van der Waals surface area (Å²) in [6.45, 7) is 0. The average molecular weight is 195 g/mol. The Balaban J connectivity index is 2.10. The maximum absolute atomic E-state index is 11.5. The van der Waals surface area contributed by atoms with Crippen molar-refractivity contribution in [2.75, 3.05) is 0 Å². The summed E-state index contributed by atoms with van der Waals surface area (Å²) in [5.74, 6) is 0.173. The zero-order valence-electron chi connectivity index (χ0n) is 8.01. The summed E-state index contributed by atoms with van der Waals surface area (Å²) in [6.07, 6.45) is 4.82. The van der Waals surface area contributed by atoms with Gasteiger partial charge >= 0.3 is 5.56 Å². The lowest BCUT2D eigenvalue weighted by atomic mass is 9.90.